The quantitative estimate of drug-likeness (QED) is 0.809. The number of hydrogen-bond donors (Lipinski definition) is 2. The predicted octanol–water partition coefficient (Wildman–Crippen LogP) is 2.14. The lowest BCUT2D eigenvalue weighted by Gasteiger charge is -2.21. The maximum Gasteiger partial charge on any atom is 0.262 e. The van der Waals surface area contributed by atoms with Crippen molar-refractivity contribution >= 4 is 23.2 Å². The van der Waals surface area contributed by atoms with Gasteiger partial charge in [0.2, 0.25) is 5.91 Å². The zero-order valence-corrected chi connectivity index (χ0v) is 16.0. The lowest BCUT2D eigenvalue weighted by Crippen LogP contribution is -2.49. The summed E-state index contributed by atoms with van der Waals surface area (Å²) < 4.78 is 2.11. The van der Waals surface area contributed by atoms with Gasteiger partial charge in [-0.3, -0.25) is 9.59 Å². The summed E-state index contributed by atoms with van der Waals surface area (Å²) in [7, 11) is 0. The fourth-order valence-corrected chi connectivity index (χ4v) is 3.73. The molecule has 0 aromatic carbocycles. The van der Waals surface area contributed by atoms with Crippen molar-refractivity contribution in [1.82, 2.24) is 25.4 Å². The van der Waals surface area contributed by atoms with Gasteiger partial charge in [-0.2, -0.15) is 0 Å². The number of aryl methyl sites for hydroxylation is 1. The van der Waals surface area contributed by atoms with Crippen molar-refractivity contribution in [2.24, 2.45) is 5.92 Å². The van der Waals surface area contributed by atoms with Crippen LogP contribution in [0, 0.1) is 5.92 Å². The van der Waals surface area contributed by atoms with Gasteiger partial charge in [0.05, 0.1) is 11.4 Å². The first-order valence-electron chi connectivity index (χ1n) is 9.09. The van der Waals surface area contributed by atoms with Gasteiger partial charge in [0.15, 0.2) is 5.82 Å². The van der Waals surface area contributed by atoms with Crippen LogP contribution < -0.4 is 10.6 Å². The second-order valence-corrected chi connectivity index (χ2v) is 7.83. The van der Waals surface area contributed by atoms with Crippen LogP contribution >= 0.6 is 11.3 Å². The van der Waals surface area contributed by atoms with Gasteiger partial charge in [-0.05, 0) is 30.2 Å². The topological polar surface area (TPSA) is 88.9 Å². The summed E-state index contributed by atoms with van der Waals surface area (Å²) >= 11 is 1.36. The molecule has 2 aromatic rings. The third-order valence-corrected chi connectivity index (χ3v) is 5.46. The van der Waals surface area contributed by atoms with E-state index < -0.39 is 6.04 Å². The summed E-state index contributed by atoms with van der Waals surface area (Å²) in [5.74, 6) is 1.34. The van der Waals surface area contributed by atoms with E-state index in [9.17, 15) is 9.59 Å². The van der Waals surface area contributed by atoms with E-state index in [1.165, 1.54) is 17.8 Å². The number of hydrogen-bond acceptors (Lipinski definition) is 5. The van der Waals surface area contributed by atoms with E-state index in [0.29, 0.717) is 11.4 Å². The molecule has 1 unspecified atom stereocenters. The van der Waals surface area contributed by atoms with E-state index in [1.54, 1.807) is 6.07 Å². The molecule has 0 aliphatic carbocycles. The van der Waals surface area contributed by atoms with Crippen molar-refractivity contribution in [3.8, 4) is 0 Å². The zero-order valence-electron chi connectivity index (χ0n) is 15.2. The average molecular weight is 375 g/mol. The summed E-state index contributed by atoms with van der Waals surface area (Å²) in [4.78, 5) is 25.5. The number of aromatic nitrogens is 3. The highest BCUT2D eigenvalue weighted by molar-refractivity contribution is 7.12. The molecule has 1 atom stereocenters. The smallest absolute Gasteiger partial charge is 0.262 e. The van der Waals surface area contributed by atoms with Gasteiger partial charge in [-0.25, -0.2) is 0 Å². The largest absolute Gasteiger partial charge is 0.347 e. The fraction of sp³-hybridized carbons (Fsp3) is 0.556. The summed E-state index contributed by atoms with van der Waals surface area (Å²) in [5, 5.41) is 16.1. The van der Waals surface area contributed by atoms with Crippen molar-refractivity contribution in [3.05, 3.63) is 34.0 Å². The van der Waals surface area contributed by atoms with Crippen LogP contribution in [-0.4, -0.2) is 32.6 Å². The van der Waals surface area contributed by atoms with E-state index in [2.05, 4.69) is 25.4 Å². The Labute approximate surface area is 157 Å². The van der Waals surface area contributed by atoms with Gasteiger partial charge in [-0.1, -0.05) is 26.3 Å². The molecular weight excluding hydrogens is 350 g/mol. The second-order valence-electron chi connectivity index (χ2n) is 6.89. The minimum absolute atomic E-state index is 0.0190. The number of nitrogens with one attached hydrogen (secondary N) is 2. The lowest BCUT2D eigenvalue weighted by atomic mass is 10.0. The maximum absolute atomic E-state index is 12.6. The van der Waals surface area contributed by atoms with Crippen LogP contribution in [0.5, 0.6) is 0 Å². The molecule has 8 heteroatoms. The minimum atomic E-state index is -0.587. The Bertz CT molecular complexity index is 754. The van der Waals surface area contributed by atoms with Gasteiger partial charge in [0.25, 0.3) is 5.91 Å². The molecule has 0 saturated carbocycles. The average Bonchev–Trinajstić information content (AvgIpc) is 3.22. The van der Waals surface area contributed by atoms with E-state index >= 15 is 0 Å². The summed E-state index contributed by atoms with van der Waals surface area (Å²) in [5.41, 5.74) is 0. The number of carbonyl (C=O) groups is 2. The standard InChI is InChI=1S/C18H25N5O2S/c1-12(2)16(20-17(24)13-7-6-10-26-13)18(25)19-11-15-22-21-14-8-4-3-5-9-23(14)15/h6-7,10,12,16H,3-5,8-9,11H2,1-2H3,(H,19,25)(H,20,24). The Balaban J connectivity index is 1.62. The van der Waals surface area contributed by atoms with E-state index in [1.807, 2.05) is 25.3 Å². The van der Waals surface area contributed by atoms with Crippen LogP contribution in [-0.2, 0) is 24.3 Å². The highest BCUT2D eigenvalue weighted by Gasteiger charge is 2.25. The van der Waals surface area contributed by atoms with Gasteiger partial charge >= 0.3 is 0 Å². The molecule has 26 heavy (non-hydrogen) atoms. The monoisotopic (exact) mass is 375 g/mol. The van der Waals surface area contributed by atoms with Crippen LogP contribution in [0.25, 0.3) is 0 Å². The molecule has 0 fully saturated rings. The van der Waals surface area contributed by atoms with Crippen molar-refractivity contribution in [2.45, 2.75) is 58.7 Å². The highest BCUT2D eigenvalue weighted by atomic mass is 32.1. The SMILES string of the molecule is CC(C)C(NC(=O)c1cccs1)C(=O)NCc1nnc2n1CCCCC2. The molecule has 2 N–H and O–H groups in total. The first-order valence-corrected chi connectivity index (χ1v) is 9.97. The lowest BCUT2D eigenvalue weighted by molar-refractivity contribution is -0.124. The number of rotatable bonds is 6. The van der Waals surface area contributed by atoms with Crippen molar-refractivity contribution < 1.29 is 9.59 Å². The molecule has 0 bridgehead atoms. The molecule has 1 aliphatic heterocycles. The van der Waals surface area contributed by atoms with Crippen molar-refractivity contribution in [2.75, 3.05) is 0 Å². The molecule has 7 nitrogen and oxygen atoms in total. The third-order valence-electron chi connectivity index (χ3n) is 4.59. The molecule has 140 valence electrons. The Hall–Kier alpha value is -2.22. The van der Waals surface area contributed by atoms with Gasteiger partial charge in [-0.15, -0.1) is 21.5 Å². The van der Waals surface area contributed by atoms with Crippen LogP contribution in [0.1, 0.15) is 54.4 Å². The number of fused-ring (bicyclic) bond motifs is 1. The molecule has 2 amide bonds. The minimum Gasteiger partial charge on any atom is -0.347 e. The molecule has 0 radical (unpaired) electrons. The van der Waals surface area contributed by atoms with Crippen LogP contribution in [0.3, 0.4) is 0 Å². The molecular formula is C18H25N5O2S. The number of amides is 2. The highest BCUT2D eigenvalue weighted by Crippen LogP contribution is 2.15. The van der Waals surface area contributed by atoms with Crippen LogP contribution in [0.15, 0.2) is 17.5 Å². The van der Waals surface area contributed by atoms with Gasteiger partial charge in [0.1, 0.15) is 11.9 Å². The number of nitrogens with zero attached hydrogens (tertiary/aromatic N) is 3. The molecule has 1 aliphatic rings. The third kappa shape index (κ3) is 4.30. The van der Waals surface area contributed by atoms with Crippen LogP contribution in [0.2, 0.25) is 0 Å². The first kappa shape index (κ1) is 18.6. The molecule has 3 rings (SSSR count). The second kappa shape index (κ2) is 8.44. The molecule has 0 saturated heterocycles. The molecule has 3 heterocycles. The summed E-state index contributed by atoms with van der Waals surface area (Å²) in [6, 6.07) is 2.98. The maximum atomic E-state index is 12.6. The zero-order chi connectivity index (χ0) is 18.5. The Morgan fingerprint density at radius 3 is 2.85 bits per heavy atom. The van der Waals surface area contributed by atoms with Crippen molar-refractivity contribution in [3.63, 3.8) is 0 Å². The number of thiophene rings is 1. The van der Waals surface area contributed by atoms with E-state index in [-0.39, 0.29) is 17.7 Å². The van der Waals surface area contributed by atoms with Gasteiger partial charge in [0, 0.05) is 13.0 Å². The Morgan fingerprint density at radius 1 is 1.27 bits per heavy atom. The van der Waals surface area contributed by atoms with Crippen LogP contribution in [0.4, 0.5) is 0 Å². The summed E-state index contributed by atoms with van der Waals surface area (Å²) in [6.45, 7) is 5.06. The normalized spacial score (nSPS) is 15.2. The Morgan fingerprint density at radius 2 is 2.12 bits per heavy atom. The summed E-state index contributed by atoms with van der Waals surface area (Å²) in [6.07, 6.45) is 4.37. The van der Waals surface area contributed by atoms with E-state index in [4.69, 9.17) is 0 Å². The number of carbonyl (C=O) groups excluding carboxylic acids is 2. The molecule has 2 aromatic heterocycles. The molecule has 0 spiro atoms. The van der Waals surface area contributed by atoms with Crippen molar-refractivity contribution in [1.29, 1.82) is 0 Å². The predicted molar refractivity (Wildman–Crippen MR) is 99.8 cm³/mol. The first-order chi connectivity index (χ1) is 12.6. The van der Waals surface area contributed by atoms with Gasteiger partial charge < -0.3 is 15.2 Å². The Kier molecular flexibility index (Phi) is 6.03. The fourth-order valence-electron chi connectivity index (χ4n) is 3.11. The van der Waals surface area contributed by atoms with E-state index in [0.717, 1.165) is 37.5 Å².